The van der Waals surface area contributed by atoms with Crippen molar-refractivity contribution in [2.75, 3.05) is 0 Å². The fourth-order valence-electron chi connectivity index (χ4n) is 2.28. The maximum atomic E-state index is 12.1. The number of aromatic nitrogens is 6. The minimum Gasteiger partial charge on any atom is -0.711 e. The maximum Gasteiger partial charge on any atom is 0.321 e. The first-order valence-electron chi connectivity index (χ1n) is 6.40. The number of fused-ring (bicyclic) bond motifs is 2. The van der Waals surface area contributed by atoms with Crippen molar-refractivity contribution < 1.29 is 4.73 Å². The molecular weight excluding hydrogens is 268 g/mol. The lowest BCUT2D eigenvalue weighted by atomic mass is 10.2. The predicted molar refractivity (Wildman–Crippen MR) is 75.1 cm³/mol. The van der Waals surface area contributed by atoms with Crippen molar-refractivity contribution in [3.63, 3.8) is 0 Å². The van der Waals surface area contributed by atoms with Gasteiger partial charge in [-0.3, -0.25) is 0 Å². The number of hydrogen-bond acceptors (Lipinski definition) is 5. The van der Waals surface area contributed by atoms with Crippen LogP contribution in [0.2, 0.25) is 0 Å². The Bertz CT molecular complexity index is 948. The fraction of sp³-hybridized carbons (Fsp3) is 0.0714. The lowest BCUT2D eigenvalue weighted by Crippen LogP contribution is -2.34. The Morgan fingerprint density at radius 1 is 1.19 bits per heavy atom. The van der Waals surface area contributed by atoms with Crippen LogP contribution in [0, 0.1) is 5.21 Å². The van der Waals surface area contributed by atoms with E-state index < -0.39 is 0 Å². The van der Waals surface area contributed by atoms with Gasteiger partial charge in [-0.05, 0) is 17.1 Å². The molecule has 0 saturated carbocycles. The van der Waals surface area contributed by atoms with Crippen LogP contribution >= 0.6 is 0 Å². The van der Waals surface area contributed by atoms with Crippen LogP contribution in [0.1, 0.15) is 5.82 Å². The van der Waals surface area contributed by atoms with Crippen LogP contribution in [-0.2, 0) is 6.54 Å². The topological polar surface area (TPSA) is 83.4 Å². The highest BCUT2D eigenvalue weighted by Gasteiger charge is 2.13. The average Bonchev–Trinajstić information content (AvgIpc) is 2.91. The van der Waals surface area contributed by atoms with E-state index in [9.17, 15) is 5.21 Å². The lowest BCUT2D eigenvalue weighted by molar-refractivity contribution is -0.616. The normalized spacial score (nSPS) is 11.2. The van der Waals surface area contributed by atoms with Crippen molar-refractivity contribution in [2.24, 2.45) is 0 Å². The molecule has 4 rings (SSSR count). The number of benzene rings is 1. The van der Waals surface area contributed by atoms with E-state index in [1.54, 1.807) is 17.1 Å². The highest BCUT2D eigenvalue weighted by molar-refractivity contribution is 5.76. The molecule has 7 heteroatoms. The lowest BCUT2D eigenvalue weighted by Gasteiger charge is -2.07. The molecule has 0 atom stereocenters. The molecule has 0 amide bonds. The minimum atomic E-state index is 0.318. The molecule has 102 valence electrons. The van der Waals surface area contributed by atoms with Crippen molar-refractivity contribution in [3.8, 4) is 0 Å². The zero-order chi connectivity index (χ0) is 14.2. The van der Waals surface area contributed by atoms with Gasteiger partial charge in [0.2, 0.25) is 0 Å². The molecular formula is C14H10N6O. The van der Waals surface area contributed by atoms with Gasteiger partial charge in [-0.1, -0.05) is 12.1 Å². The van der Waals surface area contributed by atoms with E-state index in [1.165, 1.54) is 12.5 Å². The van der Waals surface area contributed by atoms with Gasteiger partial charge < -0.3 is 9.77 Å². The van der Waals surface area contributed by atoms with E-state index in [0.29, 0.717) is 18.0 Å². The van der Waals surface area contributed by atoms with E-state index in [0.717, 1.165) is 21.2 Å². The van der Waals surface area contributed by atoms with Gasteiger partial charge in [0.05, 0.1) is 17.9 Å². The molecule has 0 aliphatic rings. The van der Waals surface area contributed by atoms with E-state index in [4.69, 9.17) is 0 Å². The summed E-state index contributed by atoms with van der Waals surface area (Å²) in [6, 6.07) is 7.52. The minimum absolute atomic E-state index is 0.318. The monoisotopic (exact) mass is 278 g/mol. The summed E-state index contributed by atoms with van der Waals surface area (Å²) in [7, 11) is 0. The fourth-order valence-corrected chi connectivity index (χ4v) is 2.28. The summed E-state index contributed by atoms with van der Waals surface area (Å²) in [6.45, 7) is 0.318. The second-order valence-electron chi connectivity index (χ2n) is 4.65. The van der Waals surface area contributed by atoms with Gasteiger partial charge in [0, 0.05) is 0 Å². The highest BCUT2D eigenvalue weighted by atomic mass is 16.5. The number of nitrogens with zero attached hydrogens (tertiary/aromatic N) is 6. The zero-order valence-corrected chi connectivity index (χ0v) is 10.9. The number of hydrogen-bond donors (Lipinski definition) is 0. The Kier molecular flexibility index (Phi) is 2.50. The van der Waals surface area contributed by atoms with Crippen LogP contribution in [0.15, 0.2) is 49.3 Å². The van der Waals surface area contributed by atoms with Gasteiger partial charge >= 0.3 is 5.82 Å². The third-order valence-corrected chi connectivity index (χ3v) is 3.31. The molecule has 3 aromatic heterocycles. The van der Waals surface area contributed by atoms with Gasteiger partial charge in [-0.2, -0.15) is 0 Å². The molecule has 0 bridgehead atoms. The van der Waals surface area contributed by atoms with Crippen LogP contribution in [-0.4, -0.2) is 24.5 Å². The summed E-state index contributed by atoms with van der Waals surface area (Å²) in [4.78, 5) is 16.6. The van der Waals surface area contributed by atoms with E-state index in [-0.39, 0.29) is 0 Å². The van der Waals surface area contributed by atoms with Crippen LogP contribution in [0.5, 0.6) is 0 Å². The third kappa shape index (κ3) is 1.95. The molecule has 4 aromatic rings. The molecule has 0 fully saturated rings. The first kappa shape index (κ1) is 11.7. The Morgan fingerprint density at radius 3 is 3.05 bits per heavy atom. The molecule has 0 N–H and O–H groups in total. The maximum absolute atomic E-state index is 12.1. The van der Waals surface area contributed by atoms with Gasteiger partial charge in [0.15, 0.2) is 11.2 Å². The van der Waals surface area contributed by atoms with E-state index >= 15 is 0 Å². The average molecular weight is 278 g/mol. The van der Waals surface area contributed by atoms with Crippen molar-refractivity contribution in [1.82, 2.24) is 24.5 Å². The summed E-state index contributed by atoms with van der Waals surface area (Å²) in [6.07, 6.45) is 6.29. The van der Waals surface area contributed by atoms with Gasteiger partial charge in [-0.25, -0.2) is 19.7 Å². The van der Waals surface area contributed by atoms with Gasteiger partial charge in [-0.15, -0.1) is 0 Å². The van der Waals surface area contributed by atoms with E-state index in [1.807, 2.05) is 24.3 Å². The third-order valence-electron chi connectivity index (χ3n) is 3.31. The molecule has 1 aromatic carbocycles. The van der Waals surface area contributed by atoms with Crippen molar-refractivity contribution in [3.05, 3.63) is 60.3 Å². The highest BCUT2D eigenvalue weighted by Crippen LogP contribution is 2.12. The Labute approximate surface area is 119 Å². The SMILES string of the molecule is [O-][n+]1cc2ccccc2nc1Cn1cnc2ncncc21. The molecule has 0 radical (unpaired) electrons. The molecule has 21 heavy (non-hydrogen) atoms. The van der Waals surface area contributed by atoms with Crippen LogP contribution in [0.25, 0.3) is 22.1 Å². The van der Waals surface area contributed by atoms with Gasteiger partial charge in [0.25, 0.3) is 0 Å². The van der Waals surface area contributed by atoms with Gasteiger partial charge in [0.1, 0.15) is 24.6 Å². The summed E-state index contributed by atoms with van der Waals surface area (Å²) in [5.74, 6) is 0.400. The summed E-state index contributed by atoms with van der Waals surface area (Å²) >= 11 is 0. The Morgan fingerprint density at radius 2 is 2.10 bits per heavy atom. The summed E-state index contributed by atoms with van der Waals surface area (Å²) < 4.78 is 2.60. The smallest absolute Gasteiger partial charge is 0.321 e. The first-order valence-corrected chi connectivity index (χ1v) is 6.40. The number of imidazole rings is 1. The molecule has 7 nitrogen and oxygen atoms in total. The van der Waals surface area contributed by atoms with Crippen molar-refractivity contribution in [1.29, 1.82) is 0 Å². The van der Waals surface area contributed by atoms with Crippen molar-refractivity contribution >= 4 is 22.1 Å². The van der Waals surface area contributed by atoms with Crippen LogP contribution in [0.3, 0.4) is 0 Å². The second kappa shape index (κ2) is 4.48. The molecule has 0 saturated heterocycles. The second-order valence-corrected chi connectivity index (χ2v) is 4.65. The zero-order valence-electron chi connectivity index (χ0n) is 10.9. The summed E-state index contributed by atoms with van der Waals surface area (Å²) in [5.41, 5.74) is 2.16. The number of rotatable bonds is 2. The molecule has 3 heterocycles. The van der Waals surface area contributed by atoms with Crippen molar-refractivity contribution in [2.45, 2.75) is 6.54 Å². The molecule has 0 aliphatic carbocycles. The number of para-hydroxylation sites is 1. The molecule has 0 unspecified atom stereocenters. The van der Waals surface area contributed by atoms with Crippen LogP contribution in [0.4, 0.5) is 0 Å². The predicted octanol–water partition coefficient (Wildman–Crippen LogP) is 1.06. The Hall–Kier alpha value is -3.09. The molecule has 0 aliphatic heterocycles. The summed E-state index contributed by atoms with van der Waals surface area (Å²) in [5, 5.41) is 12.9. The molecule has 0 spiro atoms. The quantitative estimate of drug-likeness (QED) is 0.404. The largest absolute Gasteiger partial charge is 0.711 e. The van der Waals surface area contributed by atoms with Crippen LogP contribution < -0.4 is 4.73 Å². The van der Waals surface area contributed by atoms with E-state index in [2.05, 4.69) is 19.9 Å². The Balaban J connectivity index is 1.82. The first-order chi connectivity index (χ1) is 10.3. The standard InChI is InChI=1S/C14H10N6O/c21-20-6-10-3-1-2-4-11(10)18-13(20)7-19-9-17-14-12(19)5-15-8-16-14/h1-6,8-9H,7H2.